The smallest absolute Gasteiger partial charge is 0.257 e. The molecule has 0 aliphatic carbocycles. The van der Waals surface area contributed by atoms with Crippen molar-refractivity contribution in [3.05, 3.63) is 32.9 Å². The Labute approximate surface area is 105 Å². The molecular weight excluding hydrogens is 331 g/mol. The van der Waals surface area contributed by atoms with Crippen LogP contribution in [0, 0.1) is 15.2 Å². The van der Waals surface area contributed by atoms with Gasteiger partial charge in [0, 0.05) is 9.61 Å². The molecule has 0 unspecified atom stereocenters. The molecule has 0 aliphatic rings. The zero-order chi connectivity index (χ0) is 12.3. The SMILES string of the molecule is C[C@H](CO)NC(=O)c1c(F)ccc(I)c1F. The summed E-state index contributed by atoms with van der Waals surface area (Å²) >= 11 is 1.67. The summed E-state index contributed by atoms with van der Waals surface area (Å²) in [5.74, 6) is -2.67. The number of carbonyl (C=O) groups excluding carboxylic acids is 1. The Morgan fingerprint density at radius 3 is 2.75 bits per heavy atom. The third-order valence-corrected chi connectivity index (χ3v) is 2.76. The van der Waals surface area contributed by atoms with E-state index in [2.05, 4.69) is 5.32 Å². The monoisotopic (exact) mass is 341 g/mol. The zero-order valence-electron chi connectivity index (χ0n) is 8.43. The maximum absolute atomic E-state index is 13.5. The summed E-state index contributed by atoms with van der Waals surface area (Å²) in [5.41, 5.74) is -0.618. The second-order valence-corrected chi connectivity index (χ2v) is 4.44. The third kappa shape index (κ3) is 2.88. The minimum atomic E-state index is -0.916. The highest BCUT2D eigenvalue weighted by atomic mass is 127. The molecule has 0 heterocycles. The van der Waals surface area contributed by atoms with Crippen LogP contribution in [0.3, 0.4) is 0 Å². The molecule has 1 aromatic rings. The van der Waals surface area contributed by atoms with Gasteiger partial charge in [0.25, 0.3) is 5.91 Å². The first-order chi connectivity index (χ1) is 7.47. The van der Waals surface area contributed by atoms with Crippen molar-refractivity contribution < 1.29 is 18.7 Å². The van der Waals surface area contributed by atoms with Crippen molar-refractivity contribution in [1.82, 2.24) is 5.32 Å². The van der Waals surface area contributed by atoms with E-state index in [0.29, 0.717) is 0 Å². The molecule has 0 saturated heterocycles. The van der Waals surface area contributed by atoms with Crippen molar-refractivity contribution in [3.8, 4) is 0 Å². The fourth-order valence-corrected chi connectivity index (χ4v) is 1.53. The van der Waals surface area contributed by atoms with Crippen LogP contribution in [0.5, 0.6) is 0 Å². The predicted molar refractivity (Wildman–Crippen MR) is 63.1 cm³/mol. The standard InChI is InChI=1S/C10H10F2INO2/c1-5(4-15)14-10(16)8-6(11)2-3-7(13)9(8)12/h2-3,5,15H,4H2,1H3,(H,14,16)/t5-/m1/s1. The molecule has 1 amide bonds. The van der Waals surface area contributed by atoms with E-state index in [9.17, 15) is 13.6 Å². The van der Waals surface area contributed by atoms with Crippen LogP contribution in [0.4, 0.5) is 8.78 Å². The van der Waals surface area contributed by atoms with Gasteiger partial charge in [-0.25, -0.2) is 8.78 Å². The normalized spacial score (nSPS) is 12.3. The summed E-state index contributed by atoms with van der Waals surface area (Å²) in [6.45, 7) is 1.24. The van der Waals surface area contributed by atoms with Crippen molar-refractivity contribution in [1.29, 1.82) is 0 Å². The van der Waals surface area contributed by atoms with Gasteiger partial charge < -0.3 is 10.4 Å². The number of halogens is 3. The fourth-order valence-electron chi connectivity index (χ4n) is 1.08. The molecule has 0 aromatic heterocycles. The average Bonchev–Trinajstić information content (AvgIpc) is 2.24. The van der Waals surface area contributed by atoms with Crippen LogP contribution in [0.2, 0.25) is 0 Å². The minimum absolute atomic E-state index is 0.167. The number of rotatable bonds is 3. The van der Waals surface area contributed by atoms with Gasteiger partial charge in [0.05, 0.1) is 6.61 Å². The Morgan fingerprint density at radius 2 is 2.19 bits per heavy atom. The number of nitrogens with one attached hydrogen (secondary N) is 1. The Morgan fingerprint density at radius 1 is 1.56 bits per heavy atom. The van der Waals surface area contributed by atoms with E-state index in [1.54, 1.807) is 22.6 Å². The summed E-state index contributed by atoms with van der Waals surface area (Å²) in [4.78, 5) is 11.5. The molecule has 3 nitrogen and oxygen atoms in total. The number of benzene rings is 1. The number of carbonyl (C=O) groups is 1. The highest BCUT2D eigenvalue weighted by Gasteiger charge is 2.20. The van der Waals surface area contributed by atoms with E-state index in [-0.39, 0.29) is 10.2 Å². The first-order valence-corrected chi connectivity index (χ1v) is 5.60. The van der Waals surface area contributed by atoms with Gasteiger partial charge in [0.2, 0.25) is 0 Å². The van der Waals surface area contributed by atoms with Crippen LogP contribution in [0.15, 0.2) is 12.1 Å². The summed E-state index contributed by atoms with van der Waals surface area (Å²) < 4.78 is 26.9. The lowest BCUT2D eigenvalue weighted by Gasteiger charge is -2.12. The van der Waals surface area contributed by atoms with E-state index < -0.39 is 29.1 Å². The lowest BCUT2D eigenvalue weighted by molar-refractivity contribution is 0.0913. The van der Waals surface area contributed by atoms with E-state index in [0.717, 1.165) is 6.07 Å². The molecule has 2 N–H and O–H groups in total. The van der Waals surface area contributed by atoms with Gasteiger partial charge in [-0.1, -0.05) is 0 Å². The minimum Gasteiger partial charge on any atom is -0.394 e. The van der Waals surface area contributed by atoms with Gasteiger partial charge in [0.1, 0.15) is 11.4 Å². The van der Waals surface area contributed by atoms with E-state index in [1.165, 1.54) is 13.0 Å². The Balaban J connectivity index is 3.03. The fraction of sp³-hybridized carbons (Fsp3) is 0.300. The van der Waals surface area contributed by atoms with Crippen LogP contribution in [-0.4, -0.2) is 23.7 Å². The van der Waals surface area contributed by atoms with Crippen LogP contribution in [-0.2, 0) is 0 Å². The second kappa shape index (κ2) is 5.53. The molecule has 0 spiro atoms. The molecule has 0 fully saturated rings. The van der Waals surface area contributed by atoms with E-state index >= 15 is 0 Å². The van der Waals surface area contributed by atoms with Crippen molar-refractivity contribution in [2.45, 2.75) is 13.0 Å². The molecule has 6 heteroatoms. The van der Waals surface area contributed by atoms with Gasteiger partial charge >= 0.3 is 0 Å². The van der Waals surface area contributed by atoms with E-state index in [1.807, 2.05) is 0 Å². The van der Waals surface area contributed by atoms with Gasteiger partial charge in [-0.05, 0) is 41.6 Å². The second-order valence-electron chi connectivity index (χ2n) is 3.28. The molecular formula is C10H10F2INO2. The molecule has 0 aliphatic heterocycles. The number of aliphatic hydroxyl groups is 1. The molecule has 88 valence electrons. The van der Waals surface area contributed by atoms with Crippen molar-refractivity contribution >= 4 is 28.5 Å². The maximum Gasteiger partial charge on any atom is 0.257 e. The van der Waals surface area contributed by atoms with Gasteiger partial charge in [-0.2, -0.15) is 0 Å². The highest BCUT2D eigenvalue weighted by Crippen LogP contribution is 2.18. The lowest BCUT2D eigenvalue weighted by atomic mass is 10.1. The largest absolute Gasteiger partial charge is 0.394 e. The zero-order valence-corrected chi connectivity index (χ0v) is 10.6. The molecule has 0 saturated carbocycles. The van der Waals surface area contributed by atoms with Gasteiger partial charge in [-0.15, -0.1) is 0 Å². The predicted octanol–water partition coefficient (Wildman–Crippen LogP) is 1.68. The molecule has 0 bridgehead atoms. The summed E-state index contributed by atoms with van der Waals surface area (Å²) in [6.07, 6.45) is 0. The van der Waals surface area contributed by atoms with Crippen LogP contribution < -0.4 is 5.32 Å². The molecule has 1 atom stereocenters. The van der Waals surface area contributed by atoms with E-state index in [4.69, 9.17) is 5.11 Å². The lowest BCUT2D eigenvalue weighted by Crippen LogP contribution is -2.36. The quantitative estimate of drug-likeness (QED) is 0.649. The maximum atomic E-state index is 13.5. The van der Waals surface area contributed by atoms with Crippen molar-refractivity contribution in [3.63, 3.8) is 0 Å². The topological polar surface area (TPSA) is 49.3 Å². The first kappa shape index (κ1) is 13.3. The third-order valence-electron chi connectivity index (χ3n) is 1.92. The van der Waals surface area contributed by atoms with Gasteiger partial charge in [0.15, 0.2) is 5.82 Å². The Kier molecular flexibility index (Phi) is 4.60. The molecule has 16 heavy (non-hydrogen) atoms. The summed E-state index contributed by atoms with van der Waals surface area (Å²) in [5, 5.41) is 11.0. The number of aliphatic hydroxyl groups excluding tert-OH is 1. The van der Waals surface area contributed by atoms with Crippen molar-refractivity contribution in [2.75, 3.05) is 6.61 Å². The van der Waals surface area contributed by atoms with Gasteiger partial charge in [-0.3, -0.25) is 4.79 Å². The summed E-state index contributed by atoms with van der Waals surface area (Å²) in [7, 11) is 0. The molecule has 0 radical (unpaired) electrons. The van der Waals surface area contributed by atoms with Crippen LogP contribution in [0.1, 0.15) is 17.3 Å². The molecule has 1 aromatic carbocycles. The molecule has 1 rings (SSSR count). The van der Waals surface area contributed by atoms with Crippen molar-refractivity contribution in [2.24, 2.45) is 0 Å². The Hall–Kier alpha value is -0.760. The van der Waals surface area contributed by atoms with Crippen LogP contribution >= 0.6 is 22.6 Å². The first-order valence-electron chi connectivity index (χ1n) is 4.52. The number of hydrogen-bond acceptors (Lipinski definition) is 2. The Bertz CT molecular complexity index is 412. The number of hydrogen-bond donors (Lipinski definition) is 2. The van der Waals surface area contributed by atoms with Crippen LogP contribution in [0.25, 0.3) is 0 Å². The number of amides is 1. The average molecular weight is 341 g/mol. The highest BCUT2D eigenvalue weighted by molar-refractivity contribution is 14.1. The summed E-state index contributed by atoms with van der Waals surface area (Å²) in [6, 6.07) is 1.73.